The topological polar surface area (TPSA) is 49.8 Å². The molecule has 0 bridgehead atoms. The third kappa shape index (κ3) is 6.83. The van der Waals surface area contributed by atoms with Crippen molar-refractivity contribution in [3.8, 4) is 5.75 Å². The highest BCUT2D eigenvalue weighted by atomic mass is 16.7. The molecule has 4 nitrogen and oxygen atoms in total. The van der Waals surface area contributed by atoms with Crippen LogP contribution in [0, 0.1) is 0 Å². The number of carbonyl (C=O) groups excluding carboxylic acids is 1. The molecule has 1 amide bonds. The lowest BCUT2D eigenvalue weighted by molar-refractivity contribution is -0.153. The molecule has 0 atom stereocenters. The van der Waals surface area contributed by atoms with Gasteiger partial charge in [0.05, 0.1) is 7.11 Å². The van der Waals surface area contributed by atoms with Gasteiger partial charge in [0.15, 0.2) is 0 Å². The minimum Gasteiger partial charge on any atom is -0.508 e. The standard InChI is InChI=1S/C6H6O.C3H7NO2/c7-6-4-2-1-3-5-6;1-4(3-5)6-2/h1-5,7H;3H,1-2H3. The summed E-state index contributed by atoms with van der Waals surface area (Å²) in [5.74, 6) is 0.322. The molecule has 0 spiro atoms. The first kappa shape index (κ1) is 11.4. The monoisotopic (exact) mass is 183 g/mol. The smallest absolute Gasteiger partial charge is 0.233 e. The molecule has 0 saturated carbocycles. The molecule has 13 heavy (non-hydrogen) atoms. The number of phenolic OH excluding ortho intramolecular Hbond substituents is 1. The first-order valence-electron chi connectivity index (χ1n) is 3.67. The number of hydrogen-bond acceptors (Lipinski definition) is 3. The number of hydrogen-bond donors (Lipinski definition) is 1. The number of rotatable bonds is 2. The van der Waals surface area contributed by atoms with Crippen molar-refractivity contribution in [3.63, 3.8) is 0 Å². The van der Waals surface area contributed by atoms with Crippen LogP contribution in [-0.2, 0) is 9.63 Å². The maximum Gasteiger partial charge on any atom is 0.233 e. The Labute approximate surface area is 77.3 Å². The number of nitrogens with zero attached hydrogens (tertiary/aromatic N) is 1. The van der Waals surface area contributed by atoms with Crippen LogP contribution < -0.4 is 0 Å². The summed E-state index contributed by atoms with van der Waals surface area (Å²) in [6.07, 6.45) is 0.583. The Morgan fingerprint density at radius 1 is 1.38 bits per heavy atom. The molecule has 4 heteroatoms. The van der Waals surface area contributed by atoms with Gasteiger partial charge in [-0.05, 0) is 12.1 Å². The first-order chi connectivity index (χ1) is 6.20. The van der Waals surface area contributed by atoms with Crippen LogP contribution in [0.1, 0.15) is 0 Å². The largest absolute Gasteiger partial charge is 0.508 e. The summed E-state index contributed by atoms with van der Waals surface area (Å²) in [4.78, 5) is 13.9. The highest BCUT2D eigenvalue weighted by Crippen LogP contribution is 2.02. The molecule has 0 fully saturated rings. The molecule has 0 aromatic heterocycles. The maximum absolute atomic E-state index is 9.54. The van der Waals surface area contributed by atoms with E-state index in [0.29, 0.717) is 12.2 Å². The van der Waals surface area contributed by atoms with Gasteiger partial charge in [-0.3, -0.25) is 9.63 Å². The molecular formula is C9H13NO3. The van der Waals surface area contributed by atoms with Gasteiger partial charge in [0, 0.05) is 7.05 Å². The molecule has 0 saturated heterocycles. The fraction of sp³-hybridized carbons (Fsp3) is 0.222. The first-order valence-corrected chi connectivity index (χ1v) is 3.67. The van der Waals surface area contributed by atoms with E-state index in [1.165, 1.54) is 14.2 Å². The molecule has 1 aromatic rings. The number of phenols is 1. The van der Waals surface area contributed by atoms with Gasteiger partial charge in [-0.25, -0.2) is 5.06 Å². The molecule has 1 N–H and O–H groups in total. The van der Waals surface area contributed by atoms with Crippen molar-refractivity contribution >= 4 is 6.41 Å². The fourth-order valence-electron chi connectivity index (χ4n) is 0.471. The number of hydroxylamine groups is 2. The zero-order chi connectivity index (χ0) is 10.1. The van der Waals surface area contributed by atoms with Gasteiger partial charge in [0.1, 0.15) is 5.75 Å². The summed E-state index contributed by atoms with van der Waals surface area (Å²) in [6, 6.07) is 8.71. The Morgan fingerprint density at radius 3 is 2.08 bits per heavy atom. The van der Waals surface area contributed by atoms with Crippen molar-refractivity contribution in [1.29, 1.82) is 0 Å². The van der Waals surface area contributed by atoms with Crippen LogP contribution in [0.3, 0.4) is 0 Å². The van der Waals surface area contributed by atoms with Gasteiger partial charge >= 0.3 is 0 Å². The normalized spacial score (nSPS) is 8.15. The van der Waals surface area contributed by atoms with E-state index in [0.717, 1.165) is 5.06 Å². The van der Waals surface area contributed by atoms with E-state index in [1.54, 1.807) is 24.3 Å². The van der Waals surface area contributed by atoms with Crippen molar-refractivity contribution in [1.82, 2.24) is 5.06 Å². The van der Waals surface area contributed by atoms with Gasteiger partial charge in [0.25, 0.3) is 0 Å². The average molecular weight is 183 g/mol. The summed E-state index contributed by atoms with van der Waals surface area (Å²) in [7, 11) is 2.95. The maximum atomic E-state index is 9.54. The van der Waals surface area contributed by atoms with E-state index in [9.17, 15) is 4.79 Å². The third-order valence-electron chi connectivity index (χ3n) is 1.19. The minimum atomic E-state index is 0.322. The molecule has 1 rings (SSSR count). The second kappa shape index (κ2) is 7.12. The van der Waals surface area contributed by atoms with Gasteiger partial charge < -0.3 is 5.11 Å². The fourth-order valence-corrected chi connectivity index (χ4v) is 0.471. The molecule has 0 aliphatic carbocycles. The van der Waals surface area contributed by atoms with Crippen LogP contribution >= 0.6 is 0 Å². The van der Waals surface area contributed by atoms with Crippen molar-refractivity contribution in [2.75, 3.05) is 14.2 Å². The van der Waals surface area contributed by atoms with Crippen LogP contribution in [0.5, 0.6) is 5.75 Å². The predicted octanol–water partition coefficient (Wildman–Crippen LogP) is 1.03. The van der Waals surface area contributed by atoms with Gasteiger partial charge in [-0.15, -0.1) is 0 Å². The number of para-hydroxylation sites is 1. The molecule has 0 aliphatic rings. The highest BCUT2D eigenvalue weighted by molar-refractivity contribution is 5.44. The van der Waals surface area contributed by atoms with E-state index in [4.69, 9.17) is 5.11 Å². The van der Waals surface area contributed by atoms with Gasteiger partial charge in [0.2, 0.25) is 6.41 Å². The van der Waals surface area contributed by atoms with Crippen LogP contribution in [0.25, 0.3) is 0 Å². The Kier molecular flexibility index (Phi) is 6.27. The van der Waals surface area contributed by atoms with Crippen molar-refractivity contribution in [2.45, 2.75) is 0 Å². The third-order valence-corrected chi connectivity index (χ3v) is 1.19. The molecular weight excluding hydrogens is 170 g/mol. The van der Waals surface area contributed by atoms with Crippen LogP contribution in [0.2, 0.25) is 0 Å². The summed E-state index contributed by atoms with van der Waals surface area (Å²) in [5, 5.41) is 9.70. The van der Waals surface area contributed by atoms with Crippen molar-refractivity contribution < 1.29 is 14.7 Å². The summed E-state index contributed by atoms with van der Waals surface area (Å²) >= 11 is 0. The molecule has 72 valence electrons. The lowest BCUT2D eigenvalue weighted by atomic mass is 10.3. The molecule has 0 heterocycles. The number of aromatic hydroxyl groups is 1. The van der Waals surface area contributed by atoms with Crippen molar-refractivity contribution in [3.05, 3.63) is 30.3 Å². The predicted molar refractivity (Wildman–Crippen MR) is 48.9 cm³/mol. The van der Waals surface area contributed by atoms with E-state index in [1.807, 2.05) is 6.07 Å². The minimum absolute atomic E-state index is 0.322. The van der Waals surface area contributed by atoms with E-state index >= 15 is 0 Å². The van der Waals surface area contributed by atoms with Crippen LogP contribution in [0.15, 0.2) is 30.3 Å². The van der Waals surface area contributed by atoms with Gasteiger partial charge in [-0.1, -0.05) is 18.2 Å². The molecule has 0 aliphatic heterocycles. The number of amides is 1. The molecule has 0 unspecified atom stereocenters. The SMILES string of the molecule is CON(C)C=O.Oc1ccccc1. The van der Waals surface area contributed by atoms with Crippen LogP contribution in [0.4, 0.5) is 0 Å². The zero-order valence-electron chi connectivity index (χ0n) is 7.68. The van der Waals surface area contributed by atoms with Crippen LogP contribution in [-0.4, -0.2) is 30.7 Å². The Morgan fingerprint density at radius 2 is 1.92 bits per heavy atom. The van der Waals surface area contributed by atoms with E-state index < -0.39 is 0 Å². The Hall–Kier alpha value is -1.55. The highest BCUT2D eigenvalue weighted by Gasteiger charge is 1.79. The quantitative estimate of drug-likeness (QED) is 0.550. The second-order valence-corrected chi connectivity index (χ2v) is 2.17. The summed E-state index contributed by atoms with van der Waals surface area (Å²) in [5.41, 5.74) is 0. The van der Waals surface area contributed by atoms with E-state index in [-0.39, 0.29) is 0 Å². The molecule has 1 aromatic carbocycles. The number of carbonyl (C=O) groups is 1. The van der Waals surface area contributed by atoms with E-state index in [2.05, 4.69) is 4.84 Å². The average Bonchev–Trinajstić information content (AvgIpc) is 2.19. The second-order valence-electron chi connectivity index (χ2n) is 2.17. The van der Waals surface area contributed by atoms with Gasteiger partial charge in [-0.2, -0.15) is 0 Å². The molecule has 0 radical (unpaired) electrons. The Balaban J connectivity index is 0.000000226. The summed E-state index contributed by atoms with van der Waals surface area (Å²) < 4.78 is 0. The lowest BCUT2D eigenvalue weighted by Gasteiger charge is -2.02. The van der Waals surface area contributed by atoms with Crippen molar-refractivity contribution in [2.24, 2.45) is 0 Å². The lowest BCUT2D eigenvalue weighted by Crippen LogP contribution is -2.12. The zero-order valence-corrected chi connectivity index (χ0v) is 7.68. The Bertz CT molecular complexity index is 226. The summed E-state index contributed by atoms with van der Waals surface area (Å²) in [6.45, 7) is 0. The number of benzene rings is 1.